The van der Waals surface area contributed by atoms with Crippen molar-refractivity contribution in [3.05, 3.63) is 59.2 Å². The monoisotopic (exact) mass is 515 g/mol. The highest BCUT2D eigenvalue weighted by Crippen LogP contribution is 2.47. The van der Waals surface area contributed by atoms with Gasteiger partial charge in [0.1, 0.15) is 29.6 Å². The van der Waals surface area contributed by atoms with Gasteiger partial charge in [0.05, 0.1) is 19.1 Å². The first-order valence-corrected chi connectivity index (χ1v) is 12.7. The molecule has 198 valence electrons. The second-order valence-electron chi connectivity index (χ2n) is 9.95. The molecule has 0 spiro atoms. The van der Waals surface area contributed by atoms with E-state index in [-0.39, 0.29) is 49.0 Å². The van der Waals surface area contributed by atoms with Gasteiger partial charge in [-0.15, -0.1) is 0 Å². The summed E-state index contributed by atoms with van der Waals surface area (Å²) in [4.78, 5) is 25.0. The van der Waals surface area contributed by atoms with Crippen molar-refractivity contribution in [1.82, 2.24) is 10.6 Å². The normalized spacial score (nSPS) is 24.6. The molecular formula is C27H31F2N3O5. The van der Waals surface area contributed by atoms with Gasteiger partial charge in [0.25, 0.3) is 0 Å². The van der Waals surface area contributed by atoms with Gasteiger partial charge in [0.2, 0.25) is 5.91 Å². The van der Waals surface area contributed by atoms with Crippen LogP contribution in [0.25, 0.3) is 0 Å². The lowest BCUT2D eigenvalue weighted by atomic mass is 9.84. The molecule has 0 bridgehead atoms. The molecule has 8 nitrogen and oxygen atoms in total. The lowest BCUT2D eigenvalue weighted by Crippen LogP contribution is -2.47. The number of benzene rings is 2. The molecule has 37 heavy (non-hydrogen) atoms. The van der Waals surface area contributed by atoms with Crippen molar-refractivity contribution < 1.29 is 33.0 Å². The van der Waals surface area contributed by atoms with Gasteiger partial charge in [-0.1, -0.05) is 12.8 Å². The first-order chi connectivity index (χ1) is 17.9. The maximum absolute atomic E-state index is 13.9. The number of hydrogen-bond acceptors (Lipinski definition) is 5. The number of amides is 3. The smallest absolute Gasteiger partial charge is 0.319 e. The van der Waals surface area contributed by atoms with Crippen LogP contribution in [0.4, 0.5) is 19.3 Å². The Bertz CT molecular complexity index is 1160. The third kappa shape index (κ3) is 5.86. The zero-order valence-corrected chi connectivity index (χ0v) is 20.3. The third-order valence-electron chi connectivity index (χ3n) is 7.34. The Kier molecular flexibility index (Phi) is 7.57. The minimum atomic E-state index is -0.633. The van der Waals surface area contributed by atoms with E-state index in [4.69, 9.17) is 9.47 Å². The van der Waals surface area contributed by atoms with Crippen LogP contribution in [0.3, 0.4) is 0 Å². The van der Waals surface area contributed by atoms with E-state index in [0.717, 1.165) is 49.4 Å². The van der Waals surface area contributed by atoms with Gasteiger partial charge in [-0.25, -0.2) is 13.6 Å². The molecule has 2 aromatic carbocycles. The van der Waals surface area contributed by atoms with Gasteiger partial charge < -0.3 is 30.5 Å². The van der Waals surface area contributed by atoms with E-state index in [1.165, 1.54) is 0 Å². The van der Waals surface area contributed by atoms with Crippen molar-refractivity contribution in [3.63, 3.8) is 0 Å². The minimum Gasteiger partial charge on any atom is -0.487 e. The van der Waals surface area contributed by atoms with Crippen LogP contribution in [0.1, 0.15) is 55.6 Å². The number of urea groups is 1. The first kappa shape index (κ1) is 25.4. The summed E-state index contributed by atoms with van der Waals surface area (Å²) in [6.45, 7) is -0.425. The maximum atomic E-state index is 13.9. The Morgan fingerprint density at radius 2 is 1.89 bits per heavy atom. The van der Waals surface area contributed by atoms with E-state index in [1.807, 2.05) is 6.07 Å². The number of carbonyl (C=O) groups is 2. The average Bonchev–Trinajstić information content (AvgIpc) is 3.51. The molecule has 4 N–H and O–H groups in total. The molecule has 5 rings (SSSR count). The Labute approximate surface area is 213 Å². The summed E-state index contributed by atoms with van der Waals surface area (Å²) in [5.74, 6) is -1.03. The second-order valence-corrected chi connectivity index (χ2v) is 9.95. The Morgan fingerprint density at radius 1 is 1.08 bits per heavy atom. The zero-order chi connectivity index (χ0) is 25.9. The van der Waals surface area contributed by atoms with Crippen molar-refractivity contribution >= 4 is 17.6 Å². The zero-order valence-electron chi connectivity index (χ0n) is 20.3. The van der Waals surface area contributed by atoms with Crippen molar-refractivity contribution in [2.75, 3.05) is 11.9 Å². The summed E-state index contributed by atoms with van der Waals surface area (Å²) >= 11 is 0. The van der Waals surface area contributed by atoms with Crippen LogP contribution in [0.15, 0.2) is 36.4 Å². The van der Waals surface area contributed by atoms with Crippen LogP contribution in [-0.2, 0) is 16.1 Å². The molecule has 2 aromatic rings. The molecule has 2 aliphatic heterocycles. The van der Waals surface area contributed by atoms with E-state index in [9.17, 15) is 23.5 Å². The second kappa shape index (κ2) is 11.0. The lowest BCUT2D eigenvalue weighted by molar-refractivity contribution is -0.142. The van der Waals surface area contributed by atoms with Crippen LogP contribution in [-0.4, -0.2) is 48.0 Å². The van der Waals surface area contributed by atoms with Crippen molar-refractivity contribution in [2.24, 2.45) is 0 Å². The van der Waals surface area contributed by atoms with E-state index >= 15 is 0 Å². The van der Waals surface area contributed by atoms with E-state index < -0.39 is 29.9 Å². The lowest BCUT2D eigenvalue weighted by Gasteiger charge is -2.37. The van der Waals surface area contributed by atoms with E-state index in [2.05, 4.69) is 16.0 Å². The van der Waals surface area contributed by atoms with Crippen LogP contribution >= 0.6 is 0 Å². The Morgan fingerprint density at radius 3 is 2.68 bits per heavy atom. The highest BCUT2D eigenvalue weighted by molar-refractivity contribution is 5.89. The van der Waals surface area contributed by atoms with Gasteiger partial charge in [-0.05, 0) is 55.7 Å². The fourth-order valence-corrected chi connectivity index (χ4v) is 5.54. The molecule has 0 radical (unpaired) electrons. The largest absolute Gasteiger partial charge is 0.487 e. The van der Waals surface area contributed by atoms with Gasteiger partial charge in [0, 0.05) is 35.3 Å². The summed E-state index contributed by atoms with van der Waals surface area (Å²) in [5.41, 5.74) is 1.58. The number of nitrogens with one attached hydrogen (secondary N) is 3. The van der Waals surface area contributed by atoms with Crippen molar-refractivity contribution in [1.29, 1.82) is 0 Å². The molecule has 3 aliphatic rings. The number of hydrogen-bond donors (Lipinski definition) is 4. The highest BCUT2D eigenvalue weighted by Gasteiger charge is 2.46. The SMILES string of the molecule is O=C(C[C@@H]1C[C@H]2c3cc(NC(=O)NC4CCCC4)ccc3O[C@H]2[C@H](CO)O1)NCc1cc(F)ccc1F. The molecule has 1 saturated carbocycles. The number of rotatable bonds is 7. The Balaban J connectivity index is 1.22. The number of fused-ring (bicyclic) bond motifs is 3. The fraction of sp³-hybridized carbons (Fsp3) is 0.481. The number of aliphatic hydroxyl groups excluding tert-OH is 1. The summed E-state index contributed by atoms with van der Waals surface area (Å²) in [6.07, 6.45) is 3.13. The fourth-order valence-electron chi connectivity index (χ4n) is 5.54. The van der Waals surface area contributed by atoms with Gasteiger partial charge in [-0.2, -0.15) is 0 Å². The molecule has 0 aromatic heterocycles. The molecule has 1 aliphatic carbocycles. The van der Waals surface area contributed by atoms with Crippen LogP contribution in [0, 0.1) is 11.6 Å². The molecule has 1 saturated heterocycles. The molecule has 0 unspecified atom stereocenters. The quantitative estimate of drug-likeness (QED) is 0.450. The first-order valence-electron chi connectivity index (χ1n) is 12.7. The molecule has 2 heterocycles. The third-order valence-corrected chi connectivity index (χ3v) is 7.34. The van der Waals surface area contributed by atoms with E-state index in [0.29, 0.717) is 17.9 Å². The molecule has 2 fully saturated rings. The van der Waals surface area contributed by atoms with Gasteiger partial charge in [0.15, 0.2) is 0 Å². The standard InChI is InChI=1S/C27H31F2N3O5/c28-16-5-7-22(29)15(9-16)13-30-25(34)12-19-11-21-20-10-18(32-27(35)31-17-3-1-2-4-17)6-8-23(20)37-26(21)24(14-33)36-19/h5-10,17,19,21,24,26,33H,1-4,11-14H2,(H,30,34)(H2,31,32,35)/t19-,21-,24-,26+/m0/s1. The van der Waals surface area contributed by atoms with Crippen molar-refractivity contribution in [3.8, 4) is 5.75 Å². The maximum Gasteiger partial charge on any atom is 0.319 e. The van der Waals surface area contributed by atoms with Crippen molar-refractivity contribution in [2.45, 2.75) is 75.3 Å². The highest BCUT2D eigenvalue weighted by atomic mass is 19.1. The van der Waals surface area contributed by atoms with E-state index in [1.54, 1.807) is 12.1 Å². The topological polar surface area (TPSA) is 109 Å². The molecular weight excluding hydrogens is 484 g/mol. The predicted molar refractivity (Wildman–Crippen MR) is 131 cm³/mol. The Hall–Kier alpha value is -3.24. The number of ether oxygens (including phenoxy) is 2. The minimum absolute atomic E-state index is 0.00623. The molecule has 3 amide bonds. The molecule has 4 atom stereocenters. The predicted octanol–water partition coefficient (Wildman–Crippen LogP) is 3.73. The molecule has 10 heteroatoms. The summed E-state index contributed by atoms with van der Waals surface area (Å²) < 4.78 is 39.3. The van der Waals surface area contributed by atoms with Gasteiger partial charge in [-0.3, -0.25) is 4.79 Å². The average molecular weight is 516 g/mol. The summed E-state index contributed by atoms with van der Waals surface area (Å²) in [7, 11) is 0. The number of anilines is 1. The number of halogens is 2. The summed E-state index contributed by atoms with van der Waals surface area (Å²) in [5, 5.41) is 18.5. The van der Waals surface area contributed by atoms with Crippen LogP contribution in [0.2, 0.25) is 0 Å². The summed E-state index contributed by atoms with van der Waals surface area (Å²) in [6, 6.07) is 8.49. The van der Waals surface area contributed by atoms with Crippen LogP contribution in [0.5, 0.6) is 5.75 Å². The van der Waals surface area contributed by atoms with Gasteiger partial charge >= 0.3 is 6.03 Å². The number of aliphatic hydroxyl groups is 1. The van der Waals surface area contributed by atoms with Crippen LogP contribution < -0.4 is 20.7 Å². The number of carbonyl (C=O) groups excluding carboxylic acids is 2.